The predicted octanol–water partition coefficient (Wildman–Crippen LogP) is 3.67. The largest absolute Gasteiger partial charge is 0.506 e. The van der Waals surface area contributed by atoms with Crippen LogP contribution in [0.25, 0.3) is 0 Å². The third-order valence-electron chi connectivity index (χ3n) is 3.64. The Morgan fingerprint density at radius 2 is 2.29 bits per heavy atom. The molecule has 0 amide bonds. The molecular formula is C14H20ClNO. The van der Waals surface area contributed by atoms with Crippen molar-refractivity contribution in [2.24, 2.45) is 5.92 Å². The van der Waals surface area contributed by atoms with Gasteiger partial charge in [-0.1, -0.05) is 37.1 Å². The molecule has 1 unspecified atom stereocenters. The highest BCUT2D eigenvalue weighted by molar-refractivity contribution is 6.32. The van der Waals surface area contributed by atoms with Crippen LogP contribution >= 0.6 is 11.6 Å². The van der Waals surface area contributed by atoms with Gasteiger partial charge in [0.25, 0.3) is 0 Å². The van der Waals surface area contributed by atoms with Crippen molar-refractivity contribution >= 4 is 11.6 Å². The fourth-order valence-electron chi connectivity index (χ4n) is 2.56. The predicted molar refractivity (Wildman–Crippen MR) is 71.4 cm³/mol. The molecule has 0 bridgehead atoms. The molecular weight excluding hydrogens is 234 g/mol. The Morgan fingerprint density at radius 3 is 3.06 bits per heavy atom. The van der Waals surface area contributed by atoms with Crippen molar-refractivity contribution in [1.82, 2.24) is 4.90 Å². The van der Waals surface area contributed by atoms with Crippen LogP contribution < -0.4 is 0 Å². The monoisotopic (exact) mass is 253 g/mol. The van der Waals surface area contributed by atoms with Crippen LogP contribution in [-0.4, -0.2) is 23.1 Å². The number of hydrogen-bond donors (Lipinski definition) is 1. The van der Waals surface area contributed by atoms with Gasteiger partial charge in [-0.2, -0.15) is 0 Å². The fraction of sp³-hybridized carbons (Fsp3) is 0.571. The molecule has 1 N–H and O–H groups in total. The van der Waals surface area contributed by atoms with Crippen LogP contribution in [0.3, 0.4) is 0 Å². The van der Waals surface area contributed by atoms with Crippen LogP contribution in [0.4, 0.5) is 0 Å². The maximum absolute atomic E-state index is 9.89. The zero-order valence-corrected chi connectivity index (χ0v) is 11.1. The molecule has 94 valence electrons. The minimum atomic E-state index is 0.243. The van der Waals surface area contributed by atoms with Gasteiger partial charge < -0.3 is 5.11 Å². The van der Waals surface area contributed by atoms with E-state index in [0.29, 0.717) is 5.02 Å². The van der Waals surface area contributed by atoms with E-state index in [2.05, 4.69) is 11.8 Å². The van der Waals surface area contributed by atoms with Crippen molar-refractivity contribution < 1.29 is 5.11 Å². The number of phenolic OH excluding ortho intramolecular Hbond substituents is 1. The molecule has 1 atom stereocenters. The van der Waals surface area contributed by atoms with Crippen LogP contribution in [-0.2, 0) is 6.54 Å². The van der Waals surface area contributed by atoms with E-state index in [1.165, 1.54) is 19.3 Å². The summed E-state index contributed by atoms with van der Waals surface area (Å²) >= 11 is 5.92. The van der Waals surface area contributed by atoms with Crippen molar-refractivity contribution in [1.29, 1.82) is 0 Å². The molecule has 1 aromatic carbocycles. The maximum Gasteiger partial charge on any atom is 0.138 e. The van der Waals surface area contributed by atoms with Gasteiger partial charge in [0.15, 0.2) is 0 Å². The lowest BCUT2D eigenvalue weighted by molar-refractivity contribution is 0.163. The second-order valence-corrected chi connectivity index (χ2v) is 5.31. The lowest BCUT2D eigenvalue weighted by atomic mass is 9.95. The van der Waals surface area contributed by atoms with Gasteiger partial charge in [-0.25, -0.2) is 0 Å². The van der Waals surface area contributed by atoms with Crippen molar-refractivity contribution in [2.75, 3.05) is 13.1 Å². The van der Waals surface area contributed by atoms with Gasteiger partial charge in [-0.15, -0.1) is 0 Å². The van der Waals surface area contributed by atoms with E-state index in [1.807, 2.05) is 12.1 Å². The van der Waals surface area contributed by atoms with E-state index >= 15 is 0 Å². The summed E-state index contributed by atoms with van der Waals surface area (Å²) in [6.07, 6.45) is 3.85. The van der Waals surface area contributed by atoms with Gasteiger partial charge in [0, 0.05) is 18.7 Å². The Morgan fingerprint density at radius 1 is 1.47 bits per heavy atom. The summed E-state index contributed by atoms with van der Waals surface area (Å²) < 4.78 is 0. The van der Waals surface area contributed by atoms with Crippen molar-refractivity contribution in [3.63, 3.8) is 0 Å². The average Bonchev–Trinajstić information content (AvgIpc) is 2.35. The van der Waals surface area contributed by atoms with Crippen molar-refractivity contribution in [3.05, 3.63) is 28.8 Å². The quantitative estimate of drug-likeness (QED) is 0.889. The summed E-state index contributed by atoms with van der Waals surface area (Å²) in [4.78, 5) is 2.42. The molecule has 0 aromatic heterocycles. The number of halogens is 1. The molecule has 1 aromatic rings. The van der Waals surface area contributed by atoms with Gasteiger partial charge >= 0.3 is 0 Å². The topological polar surface area (TPSA) is 23.5 Å². The Bertz CT molecular complexity index is 380. The molecule has 1 aliphatic rings. The Hall–Kier alpha value is -0.730. The first kappa shape index (κ1) is 12.7. The highest BCUT2D eigenvalue weighted by atomic mass is 35.5. The number of likely N-dealkylation sites (tertiary alicyclic amines) is 1. The number of benzene rings is 1. The van der Waals surface area contributed by atoms with Gasteiger partial charge in [-0.3, -0.25) is 4.90 Å². The van der Waals surface area contributed by atoms with Crippen LogP contribution in [0, 0.1) is 5.92 Å². The molecule has 1 aliphatic heterocycles. The molecule has 0 aliphatic carbocycles. The number of hydrogen-bond acceptors (Lipinski definition) is 2. The normalized spacial score (nSPS) is 21.6. The number of para-hydroxylation sites is 1. The lowest BCUT2D eigenvalue weighted by Crippen LogP contribution is -2.34. The van der Waals surface area contributed by atoms with Crippen molar-refractivity contribution in [2.45, 2.75) is 32.7 Å². The summed E-state index contributed by atoms with van der Waals surface area (Å²) in [6.45, 7) is 5.33. The Balaban J connectivity index is 2.02. The molecule has 17 heavy (non-hydrogen) atoms. The minimum absolute atomic E-state index is 0.243. The van der Waals surface area contributed by atoms with Gasteiger partial charge in [-0.05, 0) is 31.4 Å². The summed E-state index contributed by atoms with van der Waals surface area (Å²) in [6, 6.07) is 5.58. The van der Waals surface area contributed by atoms with E-state index in [1.54, 1.807) is 6.07 Å². The molecule has 0 radical (unpaired) electrons. The average molecular weight is 254 g/mol. The van der Waals surface area contributed by atoms with Crippen LogP contribution in [0.5, 0.6) is 5.75 Å². The number of piperidine rings is 1. The van der Waals surface area contributed by atoms with Crippen molar-refractivity contribution in [3.8, 4) is 5.75 Å². The second kappa shape index (κ2) is 5.74. The highest BCUT2D eigenvalue weighted by Crippen LogP contribution is 2.29. The number of phenols is 1. The zero-order valence-electron chi connectivity index (χ0n) is 10.3. The fourth-order valence-corrected chi connectivity index (χ4v) is 2.75. The van der Waals surface area contributed by atoms with Gasteiger partial charge in [0.1, 0.15) is 5.75 Å². The third kappa shape index (κ3) is 3.14. The molecule has 2 nitrogen and oxygen atoms in total. The molecule has 0 spiro atoms. The van der Waals surface area contributed by atoms with Crippen LogP contribution in [0.15, 0.2) is 18.2 Å². The van der Waals surface area contributed by atoms with E-state index in [4.69, 9.17) is 11.6 Å². The molecule has 1 heterocycles. The first-order valence-electron chi connectivity index (χ1n) is 6.39. The Labute approximate surface area is 108 Å². The van der Waals surface area contributed by atoms with E-state index in [-0.39, 0.29) is 5.75 Å². The van der Waals surface area contributed by atoms with E-state index in [0.717, 1.165) is 31.1 Å². The molecule has 1 fully saturated rings. The third-order valence-corrected chi connectivity index (χ3v) is 3.95. The minimum Gasteiger partial charge on any atom is -0.506 e. The highest BCUT2D eigenvalue weighted by Gasteiger charge is 2.19. The summed E-state index contributed by atoms with van der Waals surface area (Å²) in [7, 11) is 0. The Kier molecular flexibility index (Phi) is 4.30. The first-order chi connectivity index (χ1) is 8.20. The molecule has 2 rings (SSSR count). The lowest BCUT2D eigenvalue weighted by Gasteiger charge is -2.32. The number of nitrogens with zero attached hydrogens (tertiary/aromatic N) is 1. The molecule has 0 saturated carbocycles. The summed E-state index contributed by atoms with van der Waals surface area (Å²) in [5.41, 5.74) is 0.939. The summed E-state index contributed by atoms with van der Waals surface area (Å²) in [5, 5.41) is 10.3. The van der Waals surface area contributed by atoms with Gasteiger partial charge in [0.2, 0.25) is 0 Å². The zero-order chi connectivity index (χ0) is 12.3. The van der Waals surface area contributed by atoms with Gasteiger partial charge in [0.05, 0.1) is 5.02 Å². The standard InChI is InChI=1S/C14H20ClNO/c1-2-11-5-4-8-16(9-11)10-12-6-3-7-13(15)14(12)17/h3,6-7,11,17H,2,4-5,8-10H2,1H3. The van der Waals surface area contributed by atoms with Crippen LogP contribution in [0.2, 0.25) is 5.02 Å². The second-order valence-electron chi connectivity index (χ2n) is 4.90. The van der Waals surface area contributed by atoms with E-state index in [9.17, 15) is 5.11 Å². The van der Waals surface area contributed by atoms with Crippen LogP contribution in [0.1, 0.15) is 31.7 Å². The maximum atomic E-state index is 9.89. The number of rotatable bonds is 3. The van der Waals surface area contributed by atoms with E-state index < -0.39 is 0 Å². The molecule has 3 heteroatoms. The SMILES string of the molecule is CCC1CCCN(Cc2cccc(Cl)c2O)C1. The number of aromatic hydroxyl groups is 1. The first-order valence-corrected chi connectivity index (χ1v) is 6.77. The smallest absolute Gasteiger partial charge is 0.138 e. The molecule has 1 saturated heterocycles. The summed E-state index contributed by atoms with van der Waals surface area (Å²) in [5.74, 6) is 1.05.